The Balaban J connectivity index is 2.54. The summed E-state index contributed by atoms with van der Waals surface area (Å²) in [5, 5.41) is 2.82. The lowest BCUT2D eigenvalue weighted by Crippen LogP contribution is -2.41. The lowest BCUT2D eigenvalue weighted by atomic mass is 9.84. The van der Waals surface area contributed by atoms with Gasteiger partial charge in [-0.15, -0.1) is 0 Å². The zero-order valence-corrected chi connectivity index (χ0v) is 13.7. The molecule has 1 aliphatic carbocycles. The van der Waals surface area contributed by atoms with Crippen LogP contribution >= 0.6 is 0 Å². The first-order valence-corrected chi connectivity index (χ1v) is 7.86. The third-order valence-corrected chi connectivity index (χ3v) is 3.70. The fourth-order valence-corrected chi connectivity index (χ4v) is 2.78. The summed E-state index contributed by atoms with van der Waals surface area (Å²) < 4.78 is 9.99. The highest BCUT2D eigenvalue weighted by atomic mass is 16.6. The number of esters is 1. The van der Waals surface area contributed by atoms with Crippen molar-refractivity contribution < 1.29 is 19.1 Å². The molecule has 0 radical (unpaired) electrons. The molecule has 1 aliphatic rings. The molecule has 0 aromatic rings. The number of hydrogen-bond donors (Lipinski definition) is 1. The van der Waals surface area contributed by atoms with E-state index in [0.717, 1.165) is 6.42 Å². The zero-order valence-electron chi connectivity index (χ0n) is 13.7. The molecule has 0 aromatic heterocycles. The molecule has 1 rings (SSSR count). The molecule has 0 aliphatic heterocycles. The number of carbonyl (C=O) groups excluding carboxylic acids is 2. The van der Waals surface area contributed by atoms with Crippen molar-refractivity contribution in [1.82, 2.24) is 5.32 Å². The SMILES string of the molecule is COC(=O)CC(CC1CCCCC1)NC(=O)OC(C)(C)C. The number of hydrogen-bond acceptors (Lipinski definition) is 4. The summed E-state index contributed by atoms with van der Waals surface area (Å²) >= 11 is 0. The molecule has 21 heavy (non-hydrogen) atoms. The van der Waals surface area contributed by atoms with Crippen LogP contribution in [-0.4, -0.2) is 30.8 Å². The molecule has 1 N–H and O–H groups in total. The highest BCUT2D eigenvalue weighted by Gasteiger charge is 2.25. The van der Waals surface area contributed by atoms with Gasteiger partial charge >= 0.3 is 12.1 Å². The highest BCUT2D eigenvalue weighted by Crippen LogP contribution is 2.28. The summed E-state index contributed by atoms with van der Waals surface area (Å²) in [6, 6.07) is -0.213. The van der Waals surface area contributed by atoms with Gasteiger partial charge < -0.3 is 14.8 Å². The predicted molar refractivity (Wildman–Crippen MR) is 81.0 cm³/mol. The number of ether oxygens (including phenoxy) is 2. The van der Waals surface area contributed by atoms with E-state index in [4.69, 9.17) is 9.47 Å². The minimum atomic E-state index is -0.537. The second-order valence-electron chi connectivity index (χ2n) is 6.86. The van der Waals surface area contributed by atoms with E-state index in [1.54, 1.807) is 0 Å². The van der Waals surface area contributed by atoms with E-state index in [2.05, 4.69) is 5.32 Å². The van der Waals surface area contributed by atoms with Crippen LogP contribution in [0.1, 0.15) is 65.7 Å². The molecule has 0 aromatic carbocycles. The second-order valence-corrected chi connectivity index (χ2v) is 6.86. The number of amides is 1. The molecule has 0 bridgehead atoms. The van der Waals surface area contributed by atoms with E-state index in [-0.39, 0.29) is 18.4 Å². The summed E-state index contributed by atoms with van der Waals surface area (Å²) in [7, 11) is 1.37. The van der Waals surface area contributed by atoms with Gasteiger partial charge in [-0.3, -0.25) is 4.79 Å². The van der Waals surface area contributed by atoms with Gasteiger partial charge in [0, 0.05) is 6.04 Å². The van der Waals surface area contributed by atoms with E-state index in [9.17, 15) is 9.59 Å². The van der Waals surface area contributed by atoms with Gasteiger partial charge in [0.2, 0.25) is 0 Å². The number of carbonyl (C=O) groups is 2. The number of alkyl carbamates (subject to hydrolysis) is 1. The molecule has 5 heteroatoms. The maximum Gasteiger partial charge on any atom is 0.407 e. The Labute approximate surface area is 127 Å². The van der Waals surface area contributed by atoms with Crippen molar-refractivity contribution >= 4 is 12.1 Å². The molecular weight excluding hydrogens is 270 g/mol. The summed E-state index contributed by atoms with van der Waals surface area (Å²) in [4.78, 5) is 23.4. The van der Waals surface area contributed by atoms with E-state index < -0.39 is 11.7 Å². The van der Waals surface area contributed by atoms with Gasteiger partial charge in [0.05, 0.1) is 13.5 Å². The molecule has 1 atom stereocenters. The molecular formula is C16H29NO4. The third-order valence-electron chi connectivity index (χ3n) is 3.70. The van der Waals surface area contributed by atoms with Crippen molar-refractivity contribution in [2.24, 2.45) is 5.92 Å². The minimum Gasteiger partial charge on any atom is -0.469 e. The molecule has 0 heterocycles. The van der Waals surface area contributed by atoms with Crippen molar-refractivity contribution in [3.05, 3.63) is 0 Å². The maximum atomic E-state index is 11.9. The molecule has 122 valence electrons. The summed E-state index contributed by atoms with van der Waals surface area (Å²) in [6.45, 7) is 5.47. The number of methoxy groups -OCH3 is 1. The van der Waals surface area contributed by atoms with Gasteiger partial charge in [-0.25, -0.2) is 4.79 Å². The Morgan fingerprint density at radius 3 is 2.33 bits per heavy atom. The van der Waals surface area contributed by atoms with Crippen LogP contribution in [0.5, 0.6) is 0 Å². The summed E-state index contributed by atoms with van der Waals surface area (Å²) in [5.41, 5.74) is -0.537. The van der Waals surface area contributed by atoms with Crippen LogP contribution in [0, 0.1) is 5.92 Å². The van der Waals surface area contributed by atoms with E-state index in [1.165, 1.54) is 39.2 Å². The monoisotopic (exact) mass is 299 g/mol. The fraction of sp³-hybridized carbons (Fsp3) is 0.875. The molecule has 0 spiro atoms. The van der Waals surface area contributed by atoms with E-state index >= 15 is 0 Å². The Morgan fingerprint density at radius 2 is 1.81 bits per heavy atom. The zero-order chi connectivity index (χ0) is 15.9. The second kappa shape index (κ2) is 8.25. The van der Waals surface area contributed by atoms with Crippen LogP contribution in [0.3, 0.4) is 0 Å². The first-order valence-electron chi connectivity index (χ1n) is 7.86. The van der Waals surface area contributed by atoms with Gasteiger partial charge in [0.25, 0.3) is 0 Å². The lowest BCUT2D eigenvalue weighted by molar-refractivity contribution is -0.141. The normalized spacial score (nSPS) is 17.9. The van der Waals surface area contributed by atoms with Crippen molar-refractivity contribution in [1.29, 1.82) is 0 Å². The average Bonchev–Trinajstić information content (AvgIpc) is 2.37. The number of rotatable bonds is 5. The number of nitrogens with one attached hydrogen (secondary N) is 1. The topological polar surface area (TPSA) is 64.6 Å². The van der Waals surface area contributed by atoms with Crippen LogP contribution in [0.15, 0.2) is 0 Å². The van der Waals surface area contributed by atoms with Crippen LogP contribution < -0.4 is 5.32 Å². The van der Waals surface area contributed by atoms with Gasteiger partial charge in [-0.1, -0.05) is 32.1 Å². The predicted octanol–water partition coefficient (Wildman–Crippen LogP) is 3.41. The molecule has 5 nitrogen and oxygen atoms in total. The highest BCUT2D eigenvalue weighted by molar-refractivity contribution is 5.72. The Morgan fingerprint density at radius 1 is 1.19 bits per heavy atom. The van der Waals surface area contributed by atoms with Gasteiger partial charge in [0.1, 0.15) is 5.60 Å². The van der Waals surface area contributed by atoms with Crippen LogP contribution in [0.2, 0.25) is 0 Å². The summed E-state index contributed by atoms with van der Waals surface area (Å²) in [5.74, 6) is 0.273. The van der Waals surface area contributed by atoms with Crippen molar-refractivity contribution in [2.45, 2.75) is 77.4 Å². The smallest absolute Gasteiger partial charge is 0.407 e. The molecule has 0 saturated heterocycles. The lowest BCUT2D eigenvalue weighted by Gasteiger charge is -2.28. The van der Waals surface area contributed by atoms with Crippen molar-refractivity contribution in [3.63, 3.8) is 0 Å². The van der Waals surface area contributed by atoms with Gasteiger partial charge in [-0.05, 0) is 33.1 Å². The van der Waals surface area contributed by atoms with Gasteiger partial charge in [0.15, 0.2) is 0 Å². The largest absolute Gasteiger partial charge is 0.469 e. The first kappa shape index (κ1) is 17.8. The van der Waals surface area contributed by atoms with Gasteiger partial charge in [-0.2, -0.15) is 0 Å². The standard InChI is InChI=1S/C16H29NO4/c1-16(2,3)21-15(19)17-13(11-14(18)20-4)10-12-8-6-5-7-9-12/h12-13H,5-11H2,1-4H3,(H,17,19). The average molecular weight is 299 g/mol. The first-order chi connectivity index (χ1) is 9.80. The van der Waals surface area contributed by atoms with Crippen molar-refractivity contribution in [2.75, 3.05) is 7.11 Å². The van der Waals surface area contributed by atoms with E-state index in [0.29, 0.717) is 5.92 Å². The Bertz CT molecular complexity index is 343. The molecule has 1 saturated carbocycles. The quantitative estimate of drug-likeness (QED) is 0.790. The molecule has 1 unspecified atom stereocenters. The molecule has 1 amide bonds. The summed E-state index contributed by atoms with van der Waals surface area (Å²) in [6.07, 6.45) is 6.66. The van der Waals surface area contributed by atoms with Crippen molar-refractivity contribution in [3.8, 4) is 0 Å². The Kier molecular flexibility index (Phi) is 6.99. The van der Waals surface area contributed by atoms with E-state index in [1.807, 2.05) is 20.8 Å². The molecule has 1 fully saturated rings. The van der Waals surface area contributed by atoms with Crippen LogP contribution in [0.25, 0.3) is 0 Å². The Hall–Kier alpha value is -1.26. The van der Waals surface area contributed by atoms with Crippen LogP contribution in [0.4, 0.5) is 4.79 Å². The fourth-order valence-electron chi connectivity index (χ4n) is 2.78. The van der Waals surface area contributed by atoms with Crippen LogP contribution in [-0.2, 0) is 14.3 Å². The minimum absolute atomic E-state index is 0.201. The maximum absolute atomic E-state index is 11.9. The third kappa shape index (κ3) is 7.93.